The molecule has 0 bridgehead atoms. The lowest BCUT2D eigenvalue weighted by Gasteiger charge is -2.34. The molecule has 0 aliphatic carbocycles. The predicted molar refractivity (Wildman–Crippen MR) is 58.5 cm³/mol. The second-order valence-corrected chi connectivity index (χ2v) is 4.81. The zero-order valence-corrected chi connectivity index (χ0v) is 9.79. The van der Waals surface area contributed by atoms with E-state index in [9.17, 15) is 4.79 Å². The van der Waals surface area contributed by atoms with Gasteiger partial charge in [-0.3, -0.25) is 10.2 Å². The molecule has 0 amide bonds. The van der Waals surface area contributed by atoms with Crippen LogP contribution in [0, 0.1) is 5.41 Å². The summed E-state index contributed by atoms with van der Waals surface area (Å²) in [5.41, 5.74) is 2.48. The number of hydrogen-bond acceptors (Lipinski definition) is 4. The van der Waals surface area contributed by atoms with Crippen molar-refractivity contribution in [1.82, 2.24) is 15.3 Å². The highest BCUT2D eigenvalue weighted by molar-refractivity contribution is 5.73. The molecule has 0 aromatic heterocycles. The number of rotatable bonds is 4. The van der Waals surface area contributed by atoms with Gasteiger partial charge in [0.05, 0.1) is 5.41 Å². The van der Waals surface area contributed by atoms with E-state index in [1.807, 2.05) is 0 Å². The molecule has 88 valence electrons. The highest BCUT2D eigenvalue weighted by Gasteiger charge is 2.27. The van der Waals surface area contributed by atoms with E-state index >= 15 is 0 Å². The van der Waals surface area contributed by atoms with Gasteiger partial charge in [-0.25, -0.2) is 5.01 Å². The predicted octanol–water partition coefficient (Wildman–Crippen LogP) is -0.151. The molecule has 0 saturated carbocycles. The number of hydrazine groups is 1. The van der Waals surface area contributed by atoms with Crippen LogP contribution in [0.15, 0.2) is 0 Å². The van der Waals surface area contributed by atoms with Crippen LogP contribution in [0.2, 0.25) is 0 Å². The first-order valence-corrected chi connectivity index (χ1v) is 5.32. The maximum Gasteiger partial charge on any atom is 0.310 e. The van der Waals surface area contributed by atoms with Crippen molar-refractivity contribution in [1.29, 1.82) is 0 Å². The molecule has 1 aliphatic heterocycles. The molecule has 0 atom stereocenters. The number of carboxylic acids is 1. The zero-order valence-electron chi connectivity index (χ0n) is 9.79. The van der Waals surface area contributed by atoms with Crippen molar-refractivity contribution in [2.45, 2.75) is 13.8 Å². The van der Waals surface area contributed by atoms with Crippen molar-refractivity contribution in [2.24, 2.45) is 5.41 Å². The Morgan fingerprint density at radius 1 is 1.33 bits per heavy atom. The Labute approximate surface area is 91.0 Å². The van der Waals surface area contributed by atoms with E-state index in [4.69, 9.17) is 5.11 Å². The summed E-state index contributed by atoms with van der Waals surface area (Å²) in [6, 6.07) is 0. The number of carbonyl (C=O) groups is 1. The average Bonchev–Trinajstić information content (AvgIpc) is 2.17. The standard InChI is InChI=1S/C10H21N3O2/c1-10(2,9(14)15)8-11-13-6-4-12(3)5-7-13/h11H,4-8H2,1-3H3,(H,14,15). The van der Waals surface area contributed by atoms with Crippen LogP contribution in [0.5, 0.6) is 0 Å². The van der Waals surface area contributed by atoms with Crippen molar-refractivity contribution in [3.05, 3.63) is 0 Å². The van der Waals surface area contributed by atoms with E-state index < -0.39 is 11.4 Å². The first kappa shape index (κ1) is 12.4. The van der Waals surface area contributed by atoms with Crippen molar-refractivity contribution >= 4 is 5.97 Å². The molecule has 0 aromatic rings. The van der Waals surface area contributed by atoms with Gasteiger partial charge in [0.15, 0.2) is 0 Å². The summed E-state index contributed by atoms with van der Waals surface area (Å²) in [7, 11) is 2.10. The number of hydrogen-bond donors (Lipinski definition) is 2. The highest BCUT2D eigenvalue weighted by atomic mass is 16.4. The molecule has 0 radical (unpaired) electrons. The summed E-state index contributed by atoms with van der Waals surface area (Å²) in [5.74, 6) is -0.760. The van der Waals surface area contributed by atoms with Crippen molar-refractivity contribution in [2.75, 3.05) is 39.8 Å². The van der Waals surface area contributed by atoms with E-state index in [0.29, 0.717) is 6.54 Å². The Hall–Kier alpha value is -0.650. The van der Waals surface area contributed by atoms with Gasteiger partial charge in [0.2, 0.25) is 0 Å². The van der Waals surface area contributed by atoms with Crippen molar-refractivity contribution in [3.63, 3.8) is 0 Å². The van der Waals surface area contributed by atoms with E-state index in [0.717, 1.165) is 26.2 Å². The molecular weight excluding hydrogens is 194 g/mol. The summed E-state index contributed by atoms with van der Waals surface area (Å²) in [6.45, 7) is 7.91. The van der Waals surface area contributed by atoms with Crippen LogP contribution in [0.25, 0.3) is 0 Å². The quantitative estimate of drug-likeness (QED) is 0.683. The average molecular weight is 215 g/mol. The van der Waals surface area contributed by atoms with Gasteiger partial charge < -0.3 is 10.0 Å². The fraction of sp³-hybridized carbons (Fsp3) is 0.900. The number of nitrogens with one attached hydrogen (secondary N) is 1. The van der Waals surface area contributed by atoms with Crippen LogP contribution in [0.1, 0.15) is 13.8 Å². The third-order valence-corrected chi connectivity index (χ3v) is 2.83. The van der Waals surface area contributed by atoms with E-state index in [-0.39, 0.29) is 0 Å². The lowest BCUT2D eigenvalue weighted by molar-refractivity contribution is -0.147. The van der Waals surface area contributed by atoms with Gasteiger partial charge in [-0.1, -0.05) is 0 Å². The van der Waals surface area contributed by atoms with Crippen LogP contribution < -0.4 is 5.43 Å². The van der Waals surface area contributed by atoms with Gasteiger partial charge in [0.25, 0.3) is 0 Å². The number of piperazine rings is 1. The third kappa shape index (κ3) is 3.77. The maximum atomic E-state index is 10.9. The molecule has 1 rings (SSSR count). The second-order valence-electron chi connectivity index (χ2n) is 4.81. The first-order valence-electron chi connectivity index (χ1n) is 5.32. The zero-order chi connectivity index (χ0) is 11.5. The molecule has 2 N–H and O–H groups in total. The van der Waals surface area contributed by atoms with Crippen molar-refractivity contribution in [3.8, 4) is 0 Å². The van der Waals surface area contributed by atoms with Gasteiger partial charge in [-0.2, -0.15) is 0 Å². The van der Waals surface area contributed by atoms with Crippen LogP contribution in [0.4, 0.5) is 0 Å². The molecule has 1 fully saturated rings. The Balaban J connectivity index is 2.28. The number of aliphatic carboxylic acids is 1. The van der Waals surface area contributed by atoms with Gasteiger partial charge in [0.1, 0.15) is 0 Å². The third-order valence-electron chi connectivity index (χ3n) is 2.83. The van der Waals surface area contributed by atoms with Crippen LogP contribution in [-0.4, -0.2) is 60.8 Å². The molecule has 1 aliphatic rings. The van der Waals surface area contributed by atoms with Gasteiger partial charge in [-0.05, 0) is 20.9 Å². The number of nitrogens with zero attached hydrogens (tertiary/aromatic N) is 2. The number of likely N-dealkylation sites (N-methyl/N-ethyl adjacent to an activating group) is 1. The summed E-state index contributed by atoms with van der Waals surface area (Å²) in [4.78, 5) is 13.1. The summed E-state index contributed by atoms with van der Waals surface area (Å²) in [5, 5.41) is 11.0. The fourth-order valence-electron chi connectivity index (χ4n) is 1.35. The lowest BCUT2D eigenvalue weighted by atomic mass is 9.94. The Morgan fingerprint density at radius 3 is 2.33 bits per heavy atom. The van der Waals surface area contributed by atoms with E-state index in [2.05, 4.69) is 22.4 Å². The molecule has 1 saturated heterocycles. The summed E-state index contributed by atoms with van der Waals surface area (Å²) < 4.78 is 0. The second kappa shape index (κ2) is 4.92. The minimum atomic E-state index is -0.760. The minimum Gasteiger partial charge on any atom is -0.481 e. The molecule has 0 unspecified atom stereocenters. The van der Waals surface area contributed by atoms with Crippen LogP contribution >= 0.6 is 0 Å². The Bertz CT molecular complexity index is 223. The maximum absolute atomic E-state index is 10.9. The molecule has 15 heavy (non-hydrogen) atoms. The largest absolute Gasteiger partial charge is 0.481 e. The van der Waals surface area contributed by atoms with E-state index in [1.54, 1.807) is 13.8 Å². The Morgan fingerprint density at radius 2 is 1.87 bits per heavy atom. The summed E-state index contributed by atoms with van der Waals surface area (Å²) >= 11 is 0. The van der Waals surface area contributed by atoms with Crippen molar-refractivity contribution < 1.29 is 9.90 Å². The molecule has 0 aromatic carbocycles. The molecule has 5 nitrogen and oxygen atoms in total. The van der Waals surface area contributed by atoms with Gasteiger partial charge in [-0.15, -0.1) is 0 Å². The Kier molecular flexibility index (Phi) is 4.07. The minimum absolute atomic E-state index is 0.478. The van der Waals surface area contributed by atoms with E-state index in [1.165, 1.54) is 0 Å². The topological polar surface area (TPSA) is 55.8 Å². The first-order chi connectivity index (χ1) is 6.92. The molecular formula is C10H21N3O2. The number of carboxylic acid groups (broad SMARTS) is 1. The van der Waals surface area contributed by atoms with Crippen LogP contribution in [0.3, 0.4) is 0 Å². The highest BCUT2D eigenvalue weighted by Crippen LogP contribution is 2.13. The molecule has 0 spiro atoms. The normalized spacial score (nSPS) is 20.5. The summed E-state index contributed by atoms with van der Waals surface area (Å²) in [6.07, 6.45) is 0. The van der Waals surface area contributed by atoms with Gasteiger partial charge in [0, 0.05) is 32.7 Å². The smallest absolute Gasteiger partial charge is 0.310 e. The monoisotopic (exact) mass is 215 g/mol. The lowest BCUT2D eigenvalue weighted by Crippen LogP contribution is -2.53. The SMILES string of the molecule is CN1CCN(NCC(C)(C)C(=O)O)CC1. The van der Waals surface area contributed by atoms with Crippen LogP contribution in [-0.2, 0) is 4.79 Å². The van der Waals surface area contributed by atoms with Gasteiger partial charge >= 0.3 is 5.97 Å². The molecule has 5 heteroatoms. The fourth-order valence-corrected chi connectivity index (χ4v) is 1.35. The molecule has 1 heterocycles.